The van der Waals surface area contributed by atoms with Crippen molar-refractivity contribution in [1.82, 2.24) is 15.6 Å². The molecule has 0 aliphatic rings. The number of sulfone groups is 1. The lowest BCUT2D eigenvalue weighted by atomic mass is 10.2. The van der Waals surface area contributed by atoms with Gasteiger partial charge >= 0.3 is 0 Å². The summed E-state index contributed by atoms with van der Waals surface area (Å²) < 4.78 is 28.4. The Labute approximate surface area is 167 Å². The molecule has 0 aliphatic heterocycles. The number of pyridine rings is 1. The molecule has 152 valence electrons. The molecule has 2 rings (SSSR count). The zero-order valence-corrected chi connectivity index (χ0v) is 17.4. The van der Waals surface area contributed by atoms with E-state index in [-0.39, 0.29) is 11.8 Å². The van der Waals surface area contributed by atoms with Gasteiger partial charge in [0.25, 0.3) is 0 Å². The monoisotopic (exact) mass is 404 g/mol. The van der Waals surface area contributed by atoms with E-state index in [0.717, 1.165) is 17.0 Å². The van der Waals surface area contributed by atoms with E-state index in [1.54, 1.807) is 13.2 Å². The highest BCUT2D eigenvalue weighted by Crippen LogP contribution is 2.14. The molecule has 2 aromatic rings. The van der Waals surface area contributed by atoms with Crippen molar-refractivity contribution in [2.45, 2.75) is 32.5 Å². The SMILES string of the molecule is CN=C(NCc1cccc(OCc2ccccn2)c1)NC(C)CCS(C)(=O)=O. The van der Waals surface area contributed by atoms with Gasteiger partial charge in [0.15, 0.2) is 5.96 Å². The van der Waals surface area contributed by atoms with Crippen LogP contribution in [0.15, 0.2) is 53.7 Å². The third-order valence-corrected chi connectivity index (χ3v) is 4.98. The summed E-state index contributed by atoms with van der Waals surface area (Å²) in [6, 6.07) is 13.5. The second kappa shape index (κ2) is 10.7. The zero-order valence-electron chi connectivity index (χ0n) is 16.6. The summed E-state index contributed by atoms with van der Waals surface area (Å²) in [6.07, 6.45) is 3.51. The van der Waals surface area contributed by atoms with E-state index in [0.29, 0.717) is 25.5 Å². The van der Waals surface area contributed by atoms with E-state index < -0.39 is 9.84 Å². The van der Waals surface area contributed by atoms with Crippen molar-refractivity contribution in [3.05, 3.63) is 59.9 Å². The molecule has 1 atom stereocenters. The number of aliphatic imine (C=N–C) groups is 1. The lowest BCUT2D eigenvalue weighted by molar-refractivity contribution is 0.301. The highest BCUT2D eigenvalue weighted by molar-refractivity contribution is 7.90. The number of benzene rings is 1. The van der Waals surface area contributed by atoms with Crippen molar-refractivity contribution in [3.8, 4) is 5.75 Å². The molecule has 0 bridgehead atoms. The normalized spacial score (nSPS) is 13.0. The summed E-state index contributed by atoms with van der Waals surface area (Å²) >= 11 is 0. The van der Waals surface area contributed by atoms with Gasteiger partial charge in [-0.25, -0.2) is 8.42 Å². The van der Waals surface area contributed by atoms with Crippen LogP contribution in [0.4, 0.5) is 0 Å². The first-order valence-electron chi connectivity index (χ1n) is 9.12. The lowest BCUT2D eigenvalue weighted by Crippen LogP contribution is -2.42. The van der Waals surface area contributed by atoms with Crippen LogP contribution >= 0.6 is 0 Å². The number of nitrogens with zero attached hydrogens (tertiary/aromatic N) is 2. The molecule has 1 aromatic heterocycles. The Kier molecular flexibility index (Phi) is 8.25. The fraction of sp³-hybridized carbons (Fsp3) is 0.400. The quantitative estimate of drug-likeness (QED) is 0.491. The van der Waals surface area contributed by atoms with Crippen LogP contribution in [0, 0.1) is 0 Å². The Balaban J connectivity index is 1.83. The second-order valence-electron chi connectivity index (χ2n) is 6.65. The Morgan fingerprint density at radius 2 is 2.07 bits per heavy atom. The molecule has 7 nitrogen and oxygen atoms in total. The van der Waals surface area contributed by atoms with Crippen molar-refractivity contribution in [3.63, 3.8) is 0 Å². The summed E-state index contributed by atoms with van der Waals surface area (Å²) in [5, 5.41) is 6.44. The molecule has 0 amide bonds. The molecule has 8 heteroatoms. The molecule has 0 aliphatic carbocycles. The molecule has 0 saturated carbocycles. The van der Waals surface area contributed by atoms with Gasteiger partial charge < -0.3 is 15.4 Å². The second-order valence-corrected chi connectivity index (χ2v) is 8.91. The van der Waals surface area contributed by atoms with Gasteiger partial charge in [-0.15, -0.1) is 0 Å². The third-order valence-electron chi connectivity index (χ3n) is 4.00. The number of hydrogen-bond donors (Lipinski definition) is 2. The average Bonchev–Trinajstić information content (AvgIpc) is 2.68. The molecule has 2 N–H and O–H groups in total. The van der Waals surface area contributed by atoms with Crippen molar-refractivity contribution < 1.29 is 13.2 Å². The summed E-state index contributed by atoms with van der Waals surface area (Å²) in [4.78, 5) is 8.44. The number of hydrogen-bond acceptors (Lipinski definition) is 5. The number of rotatable bonds is 9. The van der Waals surface area contributed by atoms with Gasteiger partial charge in [0.2, 0.25) is 0 Å². The topological polar surface area (TPSA) is 92.7 Å². The maximum Gasteiger partial charge on any atom is 0.191 e. The highest BCUT2D eigenvalue weighted by atomic mass is 32.2. The summed E-state index contributed by atoms with van der Waals surface area (Å²) in [7, 11) is -1.28. The standard InChI is InChI=1S/C20H28N4O3S/c1-16(10-12-28(3,25)26)24-20(21-2)23-14-17-7-6-9-19(13-17)27-15-18-8-4-5-11-22-18/h4-9,11,13,16H,10,12,14-15H2,1-3H3,(H2,21,23,24). The number of aromatic nitrogens is 1. The van der Waals surface area contributed by atoms with Gasteiger partial charge in [-0.2, -0.15) is 0 Å². The number of nitrogens with one attached hydrogen (secondary N) is 2. The summed E-state index contributed by atoms with van der Waals surface area (Å²) in [5.41, 5.74) is 1.92. The number of guanidine groups is 1. The van der Waals surface area contributed by atoms with Gasteiger partial charge in [-0.1, -0.05) is 18.2 Å². The molecular weight excluding hydrogens is 376 g/mol. The smallest absolute Gasteiger partial charge is 0.191 e. The van der Waals surface area contributed by atoms with E-state index >= 15 is 0 Å². The van der Waals surface area contributed by atoms with Crippen molar-refractivity contribution in [2.75, 3.05) is 19.1 Å². The van der Waals surface area contributed by atoms with Crippen LogP contribution in [-0.2, 0) is 23.0 Å². The van der Waals surface area contributed by atoms with Crippen LogP contribution in [0.25, 0.3) is 0 Å². The van der Waals surface area contributed by atoms with Crippen molar-refractivity contribution >= 4 is 15.8 Å². The largest absolute Gasteiger partial charge is 0.487 e. The Morgan fingerprint density at radius 3 is 2.75 bits per heavy atom. The molecule has 28 heavy (non-hydrogen) atoms. The van der Waals surface area contributed by atoms with Gasteiger partial charge in [0, 0.05) is 32.1 Å². The molecule has 1 aromatic carbocycles. The Morgan fingerprint density at radius 1 is 1.25 bits per heavy atom. The van der Waals surface area contributed by atoms with Crippen LogP contribution in [0.1, 0.15) is 24.6 Å². The minimum atomic E-state index is -2.97. The van der Waals surface area contributed by atoms with E-state index in [9.17, 15) is 8.42 Å². The first-order valence-corrected chi connectivity index (χ1v) is 11.2. The molecule has 0 fully saturated rings. The predicted octanol–water partition coefficient (Wildman–Crippen LogP) is 2.15. The predicted molar refractivity (Wildman–Crippen MR) is 112 cm³/mol. The first kappa shape index (κ1) is 21.7. The van der Waals surface area contributed by atoms with Gasteiger partial charge in [0.05, 0.1) is 11.4 Å². The molecular formula is C20H28N4O3S. The van der Waals surface area contributed by atoms with Crippen LogP contribution in [-0.4, -0.2) is 44.5 Å². The van der Waals surface area contributed by atoms with E-state index in [4.69, 9.17) is 4.74 Å². The van der Waals surface area contributed by atoms with Crippen LogP contribution < -0.4 is 15.4 Å². The molecule has 0 saturated heterocycles. The minimum Gasteiger partial charge on any atom is -0.487 e. The molecule has 0 spiro atoms. The fourth-order valence-corrected chi connectivity index (χ4v) is 3.24. The molecule has 0 radical (unpaired) electrons. The van der Waals surface area contributed by atoms with Gasteiger partial charge in [-0.3, -0.25) is 9.98 Å². The Hall–Kier alpha value is -2.61. The summed E-state index contributed by atoms with van der Waals surface area (Å²) in [5.74, 6) is 1.55. The van der Waals surface area contributed by atoms with E-state index in [1.165, 1.54) is 6.26 Å². The van der Waals surface area contributed by atoms with Crippen LogP contribution in [0.2, 0.25) is 0 Å². The summed E-state index contributed by atoms with van der Waals surface area (Å²) in [6.45, 7) is 2.92. The fourth-order valence-electron chi connectivity index (χ4n) is 2.46. The van der Waals surface area contributed by atoms with Gasteiger partial charge in [-0.05, 0) is 43.2 Å². The van der Waals surface area contributed by atoms with E-state index in [2.05, 4.69) is 20.6 Å². The maximum absolute atomic E-state index is 11.3. The average molecular weight is 405 g/mol. The maximum atomic E-state index is 11.3. The Bertz CT molecular complexity index is 870. The zero-order chi connectivity index (χ0) is 20.4. The van der Waals surface area contributed by atoms with E-state index in [1.807, 2.05) is 49.4 Å². The highest BCUT2D eigenvalue weighted by Gasteiger charge is 2.09. The van der Waals surface area contributed by atoms with Crippen molar-refractivity contribution in [1.29, 1.82) is 0 Å². The van der Waals surface area contributed by atoms with Crippen LogP contribution in [0.3, 0.4) is 0 Å². The number of ether oxygens (including phenoxy) is 1. The van der Waals surface area contributed by atoms with Crippen LogP contribution in [0.5, 0.6) is 5.75 Å². The van der Waals surface area contributed by atoms with Gasteiger partial charge in [0.1, 0.15) is 22.2 Å². The minimum absolute atomic E-state index is 0.00559. The lowest BCUT2D eigenvalue weighted by Gasteiger charge is -2.18. The molecule has 1 heterocycles. The third kappa shape index (κ3) is 8.39. The van der Waals surface area contributed by atoms with Crippen molar-refractivity contribution in [2.24, 2.45) is 4.99 Å². The first-order chi connectivity index (χ1) is 13.4. The molecule has 1 unspecified atom stereocenters.